The topological polar surface area (TPSA) is 29.5 Å². The first-order valence-corrected chi connectivity index (χ1v) is 5.43. The van der Waals surface area contributed by atoms with Gasteiger partial charge < -0.3 is 9.84 Å². The highest BCUT2D eigenvalue weighted by molar-refractivity contribution is 9.10. The summed E-state index contributed by atoms with van der Waals surface area (Å²) in [5.74, 6) is 0.783. The molecular weight excluding hydrogens is 244 g/mol. The van der Waals surface area contributed by atoms with E-state index in [0.717, 1.165) is 34.2 Å². The average molecular weight is 257 g/mol. The third-order valence-electron chi connectivity index (χ3n) is 2.72. The number of rotatable bonds is 2. The Hall–Kier alpha value is -0.540. The fraction of sp³-hybridized carbons (Fsp3) is 0.455. The van der Waals surface area contributed by atoms with Crippen LogP contribution in [0.5, 0.6) is 5.75 Å². The van der Waals surface area contributed by atoms with Crippen LogP contribution in [0.3, 0.4) is 0 Å². The van der Waals surface area contributed by atoms with E-state index in [4.69, 9.17) is 4.74 Å². The van der Waals surface area contributed by atoms with Gasteiger partial charge in [0.15, 0.2) is 0 Å². The van der Waals surface area contributed by atoms with E-state index in [1.807, 2.05) is 19.1 Å². The fourth-order valence-electron chi connectivity index (χ4n) is 1.70. The summed E-state index contributed by atoms with van der Waals surface area (Å²) in [4.78, 5) is 0. The lowest BCUT2D eigenvalue weighted by Gasteiger charge is -2.14. The Kier molecular flexibility index (Phi) is 2.32. The highest BCUT2D eigenvalue weighted by Crippen LogP contribution is 2.48. The molecule has 0 unspecified atom stereocenters. The van der Waals surface area contributed by atoms with Crippen LogP contribution >= 0.6 is 15.9 Å². The number of methoxy groups -OCH3 is 1. The van der Waals surface area contributed by atoms with Crippen LogP contribution < -0.4 is 4.74 Å². The first-order valence-electron chi connectivity index (χ1n) is 4.64. The summed E-state index contributed by atoms with van der Waals surface area (Å²) in [6, 6.07) is 3.91. The standard InChI is InChI=1S/C11H13BrO2/c1-7-5-9(12)10(14-2)6-8(7)11(13)3-4-11/h5-6,13H,3-4H2,1-2H3. The van der Waals surface area contributed by atoms with Gasteiger partial charge in [0.05, 0.1) is 17.2 Å². The second kappa shape index (κ2) is 3.24. The van der Waals surface area contributed by atoms with Crippen molar-refractivity contribution in [3.05, 3.63) is 27.7 Å². The maximum atomic E-state index is 10.0. The Morgan fingerprint density at radius 1 is 1.43 bits per heavy atom. The molecule has 2 nitrogen and oxygen atoms in total. The maximum Gasteiger partial charge on any atom is 0.133 e. The molecule has 0 spiro atoms. The molecule has 1 aliphatic rings. The second-order valence-electron chi connectivity index (χ2n) is 3.83. The molecule has 0 amide bonds. The van der Waals surface area contributed by atoms with Gasteiger partial charge in [0, 0.05) is 0 Å². The zero-order valence-electron chi connectivity index (χ0n) is 8.30. The van der Waals surface area contributed by atoms with Gasteiger partial charge in [-0.3, -0.25) is 0 Å². The Morgan fingerprint density at radius 3 is 2.57 bits per heavy atom. The Balaban J connectivity index is 2.50. The second-order valence-corrected chi connectivity index (χ2v) is 4.69. The first-order chi connectivity index (χ1) is 6.57. The van der Waals surface area contributed by atoms with Gasteiger partial charge in [-0.15, -0.1) is 0 Å². The van der Waals surface area contributed by atoms with Gasteiger partial charge >= 0.3 is 0 Å². The van der Waals surface area contributed by atoms with Crippen molar-refractivity contribution < 1.29 is 9.84 Å². The van der Waals surface area contributed by atoms with Crippen molar-refractivity contribution in [2.45, 2.75) is 25.4 Å². The zero-order chi connectivity index (χ0) is 10.3. The van der Waals surface area contributed by atoms with Crippen molar-refractivity contribution in [1.82, 2.24) is 0 Å². The molecule has 2 rings (SSSR count). The number of aryl methyl sites for hydroxylation is 1. The summed E-state index contributed by atoms with van der Waals surface area (Å²) in [6.07, 6.45) is 1.72. The molecule has 0 radical (unpaired) electrons. The largest absolute Gasteiger partial charge is 0.496 e. The normalized spacial score (nSPS) is 18.0. The molecule has 1 aromatic rings. The Morgan fingerprint density at radius 2 is 2.07 bits per heavy atom. The van der Waals surface area contributed by atoms with Crippen LogP contribution in [0.15, 0.2) is 16.6 Å². The van der Waals surface area contributed by atoms with Crippen LogP contribution in [-0.2, 0) is 5.60 Å². The molecule has 1 N–H and O–H groups in total. The van der Waals surface area contributed by atoms with Crippen LogP contribution in [0.2, 0.25) is 0 Å². The predicted molar refractivity (Wildman–Crippen MR) is 58.6 cm³/mol. The summed E-state index contributed by atoms with van der Waals surface area (Å²) in [7, 11) is 1.64. The van der Waals surface area contributed by atoms with Crippen LogP contribution in [-0.4, -0.2) is 12.2 Å². The molecule has 0 aliphatic heterocycles. The number of ether oxygens (including phenoxy) is 1. The molecule has 0 bridgehead atoms. The highest BCUT2D eigenvalue weighted by Gasteiger charge is 2.43. The highest BCUT2D eigenvalue weighted by atomic mass is 79.9. The molecule has 76 valence electrons. The van der Waals surface area contributed by atoms with E-state index in [-0.39, 0.29) is 0 Å². The van der Waals surface area contributed by atoms with E-state index >= 15 is 0 Å². The van der Waals surface area contributed by atoms with Crippen molar-refractivity contribution in [2.24, 2.45) is 0 Å². The number of halogens is 1. The summed E-state index contributed by atoms with van der Waals surface area (Å²) in [5.41, 5.74) is 1.52. The number of aliphatic hydroxyl groups is 1. The first kappa shape index (κ1) is 9.99. The molecule has 0 aromatic heterocycles. The Labute approximate surface area is 92.0 Å². The monoisotopic (exact) mass is 256 g/mol. The van der Waals surface area contributed by atoms with Crippen molar-refractivity contribution in [1.29, 1.82) is 0 Å². The smallest absolute Gasteiger partial charge is 0.133 e. The summed E-state index contributed by atoms with van der Waals surface area (Å²) in [6.45, 7) is 2.01. The van der Waals surface area contributed by atoms with Crippen LogP contribution in [0.1, 0.15) is 24.0 Å². The molecule has 1 aliphatic carbocycles. The van der Waals surface area contributed by atoms with E-state index in [9.17, 15) is 5.11 Å². The predicted octanol–water partition coefficient (Wildman–Crippen LogP) is 2.75. The average Bonchev–Trinajstić information content (AvgIpc) is 2.85. The zero-order valence-corrected chi connectivity index (χ0v) is 9.89. The lowest BCUT2D eigenvalue weighted by molar-refractivity contribution is 0.150. The van der Waals surface area contributed by atoms with E-state index in [1.54, 1.807) is 7.11 Å². The molecule has 3 heteroatoms. The molecule has 0 atom stereocenters. The molecule has 0 heterocycles. The van der Waals surface area contributed by atoms with Crippen molar-refractivity contribution in [3.8, 4) is 5.75 Å². The van der Waals surface area contributed by atoms with Crippen LogP contribution in [0.4, 0.5) is 0 Å². The quantitative estimate of drug-likeness (QED) is 0.882. The molecule has 0 saturated heterocycles. The molecule has 1 saturated carbocycles. The lowest BCUT2D eigenvalue weighted by atomic mass is 10.0. The number of hydrogen-bond donors (Lipinski definition) is 1. The maximum absolute atomic E-state index is 10.0. The van der Waals surface area contributed by atoms with Gasteiger partial charge in [-0.25, -0.2) is 0 Å². The van der Waals surface area contributed by atoms with E-state index in [0.29, 0.717) is 0 Å². The fourth-order valence-corrected chi connectivity index (χ4v) is 2.32. The van der Waals surface area contributed by atoms with E-state index in [2.05, 4.69) is 15.9 Å². The third kappa shape index (κ3) is 1.55. The summed E-state index contributed by atoms with van der Waals surface area (Å²) < 4.78 is 6.14. The van der Waals surface area contributed by atoms with Gasteiger partial charge in [-0.2, -0.15) is 0 Å². The van der Waals surface area contributed by atoms with Gasteiger partial charge in [0.2, 0.25) is 0 Å². The van der Waals surface area contributed by atoms with Crippen molar-refractivity contribution in [2.75, 3.05) is 7.11 Å². The summed E-state index contributed by atoms with van der Waals surface area (Å²) >= 11 is 3.42. The van der Waals surface area contributed by atoms with Gasteiger partial charge in [0.25, 0.3) is 0 Å². The molecule has 14 heavy (non-hydrogen) atoms. The Bertz CT molecular complexity index is 370. The molecule has 1 fully saturated rings. The molecular formula is C11H13BrO2. The summed E-state index contributed by atoms with van der Waals surface area (Å²) in [5, 5.41) is 10.0. The lowest BCUT2D eigenvalue weighted by Crippen LogP contribution is -2.07. The minimum atomic E-state index is -0.585. The van der Waals surface area contributed by atoms with Crippen molar-refractivity contribution in [3.63, 3.8) is 0 Å². The SMILES string of the molecule is COc1cc(C2(O)CC2)c(C)cc1Br. The minimum Gasteiger partial charge on any atom is -0.496 e. The van der Waals surface area contributed by atoms with Gasteiger partial charge in [0.1, 0.15) is 5.75 Å². The van der Waals surface area contributed by atoms with Crippen molar-refractivity contribution >= 4 is 15.9 Å². The van der Waals surface area contributed by atoms with E-state index in [1.165, 1.54) is 0 Å². The van der Waals surface area contributed by atoms with Crippen LogP contribution in [0.25, 0.3) is 0 Å². The number of benzene rings is 1. The van der Waals surface area contributed by atoms with Gasteiger partial charge in [-0.05, 0) is 59.0 Å². The minimum absolute atomic E-state index is 0.585. The molecule has 1 aromatic carbocycles. The third-order valence-corrected chi connectivity index (χ3v) is 3.34. The number of hydrogen-bond acceptors (Lipinski definition) is 2. The van der Waals surface area contributed by atoms with Gasteiger partial charge in [-0.1, -0.05) is 0 Å². The van der Waals surface area contributed by atoms with E-state index < -0.39 is 5.60 Å². The van der Waals surface area contributed by atoms with Crippen LogP contribution in [0, 0.1) is 6.92 Å².